The lowest BCUT2D eigenvalue weighted by molar-refractivity contribution is -0.150. The molecule has 0 aliphatic carbocycles. The molecule has 0 aromatic carbocycles. The van der Waals surface area contributed by atoms with Crippen LogP contribution in [0.15, 0.2) is 11.8 Å². The Morgan fingerprint density at radius 2 is 1.31 bits per heavy atom. The maximum Gasteiger partial charge on any atom is 0.320 e. The fourth-order valence-electron chi connectivity index (χ4n) is 2.40. The van der Waals surface area contributed by atoms with E-state index in [4.69, 9.17) is 0 Å². The first-order chi connectivity index (χ1) is 12.0. The molecule has 4 N–H and O–H groups in total. The molecule has 0 radical (unpaired) electrons. The number of carbonyl (C=O) groups is 3. The molecule has 0 aromatic heterocycles. The van der Waals surface area contributed by atoms with Gasteiger partial charge in [-0.1, -0.05) is 13.3 Å². The molecule has 0 bridgehead atoms. The molecular weight excluding hydrogens is 344 g/mol. The number of aliphatic carboxylic acids is 3. The Bertz CT molecular complexity index is 501. The summed E-state index contributed by atoms with van der Waals surface area (Å²) in [5.41, 5.74) is 0. The minimum atomic E-state index is -1.17. The molecule has 3 unspecified atom stereocenters. The summed E-state index contributed by atoms with van der Waals surface area (Å²) in [6.07, 6.45) is 3.09. The van der Waals surface area contributed by atoms with Crippen molar-refractivity contribution >= 4 is 17.9 Å². The highest BCUT2D eigenvalue weighted by Gasteiger charge is 2.31. The van der Waals surface area contributed by atoms with Gasteiger partial charge in [0.15, 0.2) is 0 Å². The summed E-state index contributed by atoms with van der Waals surface area (Å²) >= 11 is 0. The third-order valence-electron chi connectivity index (χ3n) is 4.29. The van der Waals surface area contributed by atoms with Crippen molar-refractivity contribution in [1.82, 2.24) is 9.80 Å². The van der Waals surface area contributed by atoms with E-state index in [1.165, 1.54) is 30.6 Å². The second kappa shape index (κ2) is 11.5. The highest BCUT2D eigenvalue weighted by Crippen LogP contribution is 2.10. The number of carboxylic acids is 3. The fraction of sp³-hybridized carbons (Fsp3) is 0.706. The van der Waals surface area contributed by atoms with Crippen LogP contribution in [0.1, 0.15) is 40.5 Å². The molecule has 0 fully saturated rings. The van der Waals surface area contributed by atoms with Gasteiger partial charge in [0, 0.05) is 13.1 Å². The van der Waals surface area contributed by atoms with Crippen LogP contribution in [-0.2, 0) is 14.4 Å². The Morgan fingerprint density at radius 1 is 0.846 bits per heavy atom. The van der Waals surface area contributed by atoms with Crippen molar-refractivity contribution in [1.29, 1.82) is 0 Å². The lowest BCUT2D eigenvalue weighted by Gasteiger charge is -2.33. The molecule has 0 aliphatic rings. The predicted molar refractivity (Wildman–Crippen MR) is 95.2 cm³/mol. The van der Waals surface area contributed by atoms with Gasteiger partial charge in [0.25, 0.3) is 0 Å². The lowest BCUT2D eigenvalue weighted by Crippen LogP contribution is -2.52. The summed E-state index contributed by atoms with van der Waals surface area (Å²) in [5, 5.41) is 37.6. The average molecular weight is 374 g/mol. The summed E-state index contributed by atoms with van der Waals surface area (Å²) in [4.78, 5) is 36.6. The first kappa shape index (κ1) is 23.9. The molecule has 26 heavy (non-hydrogen) atoms. The quantitative estimate of drug-likeness (QED) is 0.351. The first-order valence-corrected chi connectivity index (χ1v) is 8.59. The van der Waals surface area contributed by atoms with Crippen LogP contribution in [0, 0.1) is 0 Å². The third kappa shape index (κ3) is 7.83. The van der Waals surface area contributed by atoms with Crippen molar-refractivity contribution in [2.75, 3.05) is 19.6 Å². The number of hydrogen-bond donors (Lipinski definition) is 4. The Balaban J connectivity index is 5.29. The van der Waals surface area contributed by atoms with Crippen LogP contribution in [0.3, 0.4) is 0 Å². The molecule has 0 heterocycles. The second-order valence-electron chi connectivity index (χ2n) is 6.24. The van der Waals surface area contributed by atoms with Crippen LogP contribution in [-0.4, -0.2) is 85.9 Å². The van der Waals surface area contributed by atoms with Gasteiger partial charge in [-0.05, 0) is 33.3 Å². The molecule has 9 nitrogen and oxygen atoms in total. The number of aliphatic hydroxyl groups is 1. The molecule has 9 heteroatoms. The van der Waals surface area contributed by atoms with E-state index in [0.29, 0.717) is 6.42 Å². The van der Waals surface area contributed by atoms with Gasteiger partial charge in [0.05, 0.1) is 6.54 Å². The van der Waals surface area contributed by atoms with E-state index < -0.39 is 36.0 Å². The van der Waals surface area contributed by atoms with Gasteiger partial charge in [-0.15, -0.1) is 0 Å². The first-order valence-electron chi connectivity index (χ1n) is 8.59. The lowest BCUT2D eigenvalue weighted by atomic mass is 10.2. The Hall–Kier alpha value is -2.13. The standard InChI is InChI=1S/C17H30N2O7/c1-5-6-7-14(20)10-18(11(2)15(21)22)8-9-19(12(3)16(23)24)13(4)17(25)26/h7,11-13,20H,5-6,8-10H2,1-4H3,(H,21,22)(H,23,24)(H,25,26)/b14-7+. The second-order valence-corrected chi connectivity index (χ2v) is 6.24. The molecular formula is C17H30N2O7. The molecule has 0 aromatic rings. The van der Waals surface area contributed by atoms with E-state index >= 15 is 0 Å². The maximum absolute atomic E-state index is 11.3. The van der Waals surface area contributed by atoms with Gasteiger partial charge in [-0.3, -0.25) is 24.2 Å². The third-order valence-corrected chi connectivity index (χ3v) is 4.29. The number of hydrogen-bond acceptors (Lipinski definition) is 6. The normalized spacial score (nSPS) is 15.7. The summed E-state index contributed by atoms with van der Waals surface area (Å²) < 4.78 is 0. The van der Waals surface area contributed by atoms with Crippen molar-refractivity contribution in [3.05, 3.63) is 11.8 Å². The number of unbranched alkanes of at least 4 members (excludes halogenated alkanes) is 1. The van der Waals surface area contributed by atoms with E-state index in [1.54, 1.807) is 6.08 Å². The van der Waals surface area contributed by atoms with Gasteiger partial charge >= 0.3 is 17.9 Å². The van der Waals surface area contributed by atoms with Crippen molar-refractivity contribution in [3.63, 3.8) is 0 Å². The molecule has 0 saturated heterocycles. The topological polar surface area (TPSA) is 139 Å². The Morgan fingerprint density at radius 3 is 1.69 bits per heavy atom. The number of rotatable bonds is 13. The average Bonchev–Trinajstić information content (AvgIpc) is 2.57. The highest BCUT2D eigenvalue weighted by molar-refractivity contribution is 5.77. The summed E-state index contributed by atoms with van der Waals surface area (Å²) in [6, 6.07) is -3.02. The number of allylic oxidation sites excluding steroid dienone is 1. The largest absolute Gasteiger partial charge is 0.511 e. The van der Waals surface area contributed by atoms with Crippen LogP contribution in [0.4, 0.5) is 0 Å². The number of aliphatic hydroxyl groups excluding tert-OH is 1. The minimum absolute atomic E-state index is 0.00971. The van der Waals surface area contributed by atoms with Crippen molar-refractivity contribution in [2.24, 2.45) is 0 Å². The molecule has 0 amide bonds. The van der Waals surface area contributed by atoms with Crippen LogP contribution >= 0.6 is 0 Å². The van der Waals surface area contributed by atoms with E-state index in [2.05, 4.69) is 0 Å². The molecule has 3 atom stereocenters. The zero-order chi connectivity index (χ0) is 20.4. The molecule has 150 valence electrons. The van der Waals surface area contributed by atoms with Gasteiger partial charge in [0.1, 0.15) is 23.9 Å². The van der Waals surface area contributed by atoms with E-state index in [0.717, 1.165) is 6.42 Å². The molecule has 0 aliphatic heterocycles. The number of nitrogens with zero attached hydrogens (tertiary/aromatic N) is 2. The summed E-state index contributed by atoms with van der Waals surface area (Å²) in [6.45, 7) is 6.27. The molecule has 0 spiro atoms. The van der Waals surface area contributed by atoms with Crippen molar-refractivity contribution in [3.8, 4) is 0 Å². The minimum Gasteiger partial charge on any atom is -0.511 e. The summed E-state index contributed by atoms with van der Waals surface area (Å²) in [7, 11) is 0. The highest BCUT2D eigenvalue weighted by atomic mass is 16.4. The van der Waals surface area contributed by atoms with Crippen LogP contribution < -0.4 is 0 Å². The van der Waals surface area contributed by atoms with Gasteiger partial charge in [0.2, 0.25) is 0 Å². The van der Waals surface area contributed by atoms with Crippen LogP contribution in [0.25, 0.3) is 0 Å². The predicted octanol–water partition coefficient (Wildman–Crippen LogP) is 1.25. The molecule has 0 saturated carbocycles. The Kier molecular flexibility index (Phi) is 10.5. The van der Waals surface area contributed by atoms with Gasteiger partial charge in [-0.2, -0.15) is 0 Å². The smallest absolute Gasteiger partial charge is 0.320 e. The van der Waals surface area contributed by atoms with E-state index in [9.17, 15) is 34.8 Å². The monoisotopic (exact) mass is 374 g/mol. The van der Waals surface area contributed by atoms with Crippen LogP contribution in [0.5, 0.6) is 0 Å². The zero-order valence-corrected chi connectivity index (χ0v) is 15.8. The van der Waals surface area contributed by atoms with Crippen molar-refractivity contribution in [2.45, 2.75) is 58.7 Å². The molecule has 0 rings (SSSR count). The maximum atomic E-state index is 11.3. The summed E-state index contributed by atoms with van der Waals surface area (Å²) in [5.74, 6) is -3.38. The van der Waals surface area contributed by atoms with Crippen molar-refractivity contribution < 1.29 is 34.8 Å². The van der Waals surface area contributed by atoms with E-state index in [1.807, 2.05) is 6.92 Å². The van der Waals surface area contributed by atoms with Gasteiger partial charge < -0.3 is 20.4 Å². The van der Waals surface area contributed by atoms with E-state index in [-0.39, 0.29) is 25.4 Å². The SMILES string of the molecule is CCC/C=C(/O)CN(CCN(C(C)C(=O)O)C(C)C(=O)O)C(C)C(=O)O. The van der Waals surface area contributed by atoms with Gasteiger partial charge in [-0.25, -0.2) is 0 Å². The van der Waals surface area contributed by atoms with Crippen LogP contribution in [0.2, 0.25) is 0 Å². The number of carboxylic acid groups (broad SMARTS) is 3. The fourth-order valence-corrected chi connectivity index (χ4v) is 2.40. The Labute approximate surface area is 153 Å². The zero-order valence-electron chi connectivity index (χ0n) is 15.8.